The zero-order valence-corrected chi connectivity index (χ0v) is 6.58. The van der Waals surface area contributed by atoms with Crippen LogP contribution in [0, 0.1) is 5.92 Å². The van der Waals surface area contributed by atoms with Crippen LogP contribution < -0.4 is 0 Å². The molecule has 1 aliphatic heterocycles. The minimum atomic E-state index is -4.43. The summed E-state index contributed by atoms with van der Waals surface area (Å²) in [7, 11) is 0. The Labute approximate surface area is 67.0 Å². The van der Waals surface area contributed by atoms with Gasteiger partial charge in [0, 0.05) is 5.92 Å². The van der Waals surface area contributed by atoms with Crippen molar-refractivity contribution in [3.63, 3.8) is 0 Å². The Morgan fingerprint density at radius 1 is 1.45 bits per heavy atom. The largest absolute Gasteiger partial charge is 0.414 e. The maximum Gasteiger partial charge on any atom is 0.414 e. The lowest BCUT2D eigenvalue weighted by Gasteiger charge is -2.19. The minimum absolute atomic E-state index is 0.431. The van der Waals surface area contributed by atoms with E-state index >= 15 is 0 Å². The quantitative estimate of drug-likeness (QED) is 0.672. The van der Waals surface area contributed by atoms with Crippen molar-refractivity contribution in [1.82, 2.24) is 0 Å². The average Bonchev–Trinajstić information content (AvgIpc) is 2.34. The molecule has 1 unspecified atom stereocenters. The molecule has 0 amide bonds. The van der Waals surface area contributed by atoms with Gasteiger partial charge in [-0.15, -0.1) is 0 Å². The van der Waals surface area contributed by atoms with E-state index in [1.54, 1.807) is 0 Å². The van der Waals surface area contributed by atoms with Gasteiger partial charge in [0.2, 0.25) is 0 Å². The van der Waals surface area contributed by atoms with Crippen LogP contribution in [-0.2, 0) is 0 Å². The van der Waals surface area contributed by atoms with Crippen molar-refractivity contribution in [3.05, 3.63) is 0 Å². The number of hydrogen-bond donors (Lipinski definition) is 1. The summed E-state index contributed by atoms with van der Waals surface area (Å²) >= 11 is 1.47. The lowest BCUT2D eigenvalue weighted by molar-refractivity contribution is -0.216. The second-order valence-electron chi connectivity index (χ2n) is 2.61. The Hall–Kier alpha value is 0.100. The van der Waals surface area contributed by atoms with E-state index in [9.17, 15) is 13.2 Å². The topological polar surface area (TPSA) is 20.2 Å². The highest BCUT2D eigenvalue weighted by Gasteiger charge is 2.44. The average molecular weight is 186 g/mol. The van der Waals surface area contributed by atoms with Gasteiger partial charge >= 0.3 is 6.18 Å². The van der Waals surface area contributed by atoms with Crippen LogP contribution in [0.3, 0.4) is 0 Å². The van der Waals surface area contributed by atoms with E-state index < -0.39 is 18.2 Å². The summed E-state index contributed by atoms with van der Waals surface area (Å²) in [6, 6.07) is 0. The highest BCUT2D eigenvalue weighted by atomic mass is 32.2. The number of alkyl halides is 3. The van der Waals surface area contributed by atoms with Crippen molar-refractivity contribution in [3.8, 4) is 0 Å². The van der Waals surface area contributed by atoms with Crippen molar-refractivity contribution in [2.45, 2.75) is 18.7 Å². The maximum atomic E-state index is 11.8. The lowest BCUT2D eigenvalue weighted by atomic mass is 10.0. The molecule has 0 saturated carbocycles. The molecule has 2 atom stereocenters. The number of aliphatic hydroxyl groups is 1. The number of rotatable bonds is 1. The molecule has 1 rings (SSSR count). The molecule has 0 spiro atoms. The summed E-state index contributed by atoms with van der Waals surface area (Å²) in [5, 5.41) is 8.75. The zero-order valence-electron chi connectivity index (χ0n) is 5.77. The maximum absolute atomic E-state index is 11.8. The standard InChI is InChI=1S/C6H9F3OS/c7-6(8,9)5(10)4-1-2-11-3-4/h4-5,10H,1-3H2/t4?,5-/m0/s1. The van der Waals surface area contributed by atoms with Crippen LogP contribution in [-0.4, -0.2) is 28.9 Å². The molecule has 1 heterocycles. The highest BCUT2D eigenvalue weighted by molar-refractivity contribution is 7.99. The van der Waals surface area contributed by atoms with Gasteiger partial charge in [-0.2, -0.15) is 24.9 Å². The number of halogens is 3. The number of thioether (sulfide) groups is 1. The normalized spacial score (nSPS) is 28.9. The van der Waals surface area contributed by atoms with Crippen LogP contribution in [0.4, 0.5) is 13.2 Å². The summed E-state index contributed by atoms with van der Waals surface area (Å²) in [5.41, 5.74) is 0. The Morgan fingerprint density at radius 2 is 2.09 bits per heavy atom. The Balaban J connectivity index is 2.46. The zero-order chi connectivity index (χ0) is 8.48. The fourth-order valence-electron chi connectivity index (χ4n) is 1.07. The summed E-state index contributed by atoms with van der Waals surface area (Å²) in [5.74, 6) is 0.582. The molecule has 0 bridgehead atoms. The van der Waals surface area contributed by atoms with E-state index in [2.05, 4.69) is 0 Å². The van der Waals surface area contributed by atoms with Crippen LogP contribution in [0.25, 0.3) is 0 Å². The fraction of sp³-hybridized carbons (Fsp3) is 1.00. The molecule has 1 saturated heterocycles. The van der Waals surface area contributed by atoms with Crippen LogP contribution in [0.2, 0.25) is 0 Å². The van der Waals surface area contributed by atoms with Gasteiger partial charge in [-0.1, -0.05) is 0 Å². The van der Waals surface area contributed by atoms with Gasteiger partial charge < -0.3 is 5.11 Å². The first-order valence-corrected chi connectivity index (χ1v) is 4.50. The van der Waals surface area contributed by atoms with Gasteiger partial charge in [-0.25, -0.2) is 0 Å². The van der Waals surface area contributed by atoms with Gasteiger partial charge in [0.1, 0.15) is 0 Å². The molecule has 1 nitrogen and oxygen atoms in total. The third kappa shape index (κ3) is 2.27. The molecule has 0 aliphatic carbocycles. The Morgan fingerprint density at radius 3 is 2.45 bits per heavy atom. The molecule has 11 heavy (non-hydrogen) atoms. The molecular formula is C6H9F3OS. The number of hydrogen-bond acceptors (Lipinski definition) is 2. The molecular weight excluding hydrogens is 177 g/mol. The minimum Gasteiger partial charge on any atom is -0.383 e. The molecule has 0 aromatic heterocycles. The van der Waals surface area contributed by atoms with Crippen molar-refractivity contribution in [1.29, 1.82) is 0 Å². The molecule has 0 aromatic carbocycles. The molecule has 0 radical (unpaired) electrons. The third-order valence-electron chi connectivity index (χ3n) is 1.75. The predicted octanol–water partition coefficient (Wildman–Crippen LogP) is 1.66. The van der Waals surface area contributed by atoms with E-state index in [1.807, 2.05) is 0 Å². The molecule has 1 N–H and O–H groups in total. The monoisotopic (exact) mass is 186 g/mol. The first-order chi connectivity index (χ1) is 5.02. The summed E-state index contributed by atoms with van der Waals surface area (Å²) in [6.45, 7) is 0. The van der Waals surface area contributed by atoms with Crippen molar-refractivity contribution < 1.29 is 18.3 Å². The van der Waals surface area contributed by atoms with E-state index in [1.165, 1.54) is 11.8 Å². The summed E-state index contributed by atoms with van der Waals surface area (Å²) in [4.78, 5) is 0. The van der Waals surface area contributed by atoms with Gasteiger partial charge in [-0.3, -0.25) is 0 Å². The Bertz CT molecular complexity index is 130. The third-order valence-corrected chi connectivity index (χ3v) is 2.94. The molecule has 66 valence electrons. The lowest BCUT2D eigenvalue weighted by Crippen LogP contribution is -2.35. The number of aliphatic hydroxyl groups excluding tert-OH is 1. The van der Waals surface area contributed by atoms with Crippen molar-refractivity contribution in [2.24, 2.45) is 5.92 Å². The van der Waals surface area contributed by atoms with Gasteiger partial charge in [0.15, 0.2) is 6.10 Å². The molecule has 0 aromatic rings. The molecule has 1 aliphatic rings. The molecule has 1 fully saturated rings. The van der Waals surface area contributed by atoms with Crippen molar-refractivity contribution >= 4 is 11.8 Å². The SMILES string of the molecule is O[C@@H](C1CCSC1)C(F)(F)F. The summed E-state index contributed by atoms with van der Waals surface area (Å²) < 4.78 is 35.5. The predicted molar refractivity (Wildman–Crippen MR) is 37.5 cm³/mol. The van der Waals surface area contributed by atoms with Crippen LogP contribution in [0.15, 0.2) is 0 Å². The molecule has 5 heteroatoms. The van der Waals surface area contributed by atoms with Crippen LogP contribution in [0.1, 0.15) is 6.42 Å². The second kappa shape index (κ2) is 3.23. The van der Waals surface area contributed by atoms with E-state index in [0.29, 0.717) is 12.2 Å². The van der Waals surface area contributed by atoms with Crippen LogP contribution in [0.5, 0.6) is 0 Å². The van der Waals surface area contributed by atoms with E-state index in [4.69, 9.17) is 5.11 Å². The van der Waals surface area contributed by atoms with Gasteiger partial charge in [-0.05, 0) is 17.9 Å². The summed E-state index contributed by atoms with van der Waals surface area (Å²) in [6.07, 6.45) is -6.07. The Kier molecular flexibility index (Phi) is 2.70. The highest BCUT2D eigenvalue weighted by Crippen LogP contribution is 2.33. The second-order valence-corrected chi connectivity index (χ2v) is 3.76. The van der Waals surface area contributed by atoms with Gasteiger partial charge in [0.25, 0.3) is 0 Å². The van der Waals surface area contributed by atoms with Gasteiger partial charge in [0.05, 0.1) is 0 Å². The van der Waals surface area contributed by atoms with Crippen LogP contribution >= 0.6 is 11.8 Å². The first-order valence-electron chi connectivity index (χ1n) is 3.34. The van der Waals surface area contributed by atoms with E-state index in [-0.39, 0.29) is 0 Å². The first kappa shape index (κ1) is 9.19. The smallest absolute Gasteiger partial charge is 0.383 e. The fourth-order valence-corrected chi connectivity index (χ4v) is 2.36. The van der Waals surface area contributed by atoms with Crippen molar-refractivity contribution in [2.75, 3.05) is 11.5 Å². The van der Waals surface area contributed by atoms with E-state index in [0.717, 1.165) is 5.75 Å².